The summed E-state index contributed by atoms with van der Waals surface area (Å²) in [6, 6.07) is 0. The second kappa shape index (κ2) is 7.88. The number of aromatic nitrogens is 2. The van der Waals surface area contributed by atoms with Crippen molar-refractivity contribution in [2.75, 3.05) is 32.8 Å². The van der Waals surface area contributed by atoms with E-state index in [0.29, 0.717) is 18.4 Å². The van der Waals surface area contributed by atoms with E-state index in [1.165, 1.54) is 0 Å². The molecule has 0 aliphatic carbocycles. The number of likely N-dealkylation sites (tertiary alicyclic amines) is 1. The van der Waals surface area contributed by atoms with Gasteiger partial charge < -0.3 is 19.5 Å². The van der Waals surface area contributed by atoms with Gasteiger partial charge >= 0.3 is 0 Å². The van der Waals surface area contributed by atoms with Crippen LogP contribution in [-0.2, 0) is 16.0 Å². The molecule has 1 N–H and O–H groups in total. The molecule has 0 aromatic carbocycles. The molecule has 3 rings (SSSR count). The third-order valence-electron chi connectivity index (χ3n) is 4.58. The van der Waals surface area contributed by atoms with E-state index in [0.717, 1.165) is 64.2 Å². The highest BCUT2D eigenvalue weighted by molar-refractivity contribution is 5.78. The number of rotatable bonds is 6. The molecule has 7 heteroatoms. The molecule has 0 spiro atoms. The van der Waals surface area contributed by atoms with Gasteiger partial charge in [0.25, 0.3) is 0 Å². The molecule has 128 valence electrons. The Bertz CT molecular complexity index is 513. The van der Waals surface area contributed by atoms with E-state index in [1.807, 2.05) is 4.90 Å². The highest BCUT2D eigenvalue weighted by atomic mass is 16.5. The normalized spacial score (nSPS) is 25.0. The van der Waals surface area contributed by atoms with Crippen molar-refractivity contribution in [2.45, 2.75) is 45.1 Å². The lowest BCUT2D eigenvalue weighted by Crippen LogP contribution is -2.45. The Morgan fingerprint density at radius 2 is 2.30 bits per heavy atom. The van der Waals surface area contributed by atoms with Gasteiger partial charge in [-0.15, -0.1) is 0 Å². The fourth-order valence-corrected chi connectivity index (χ4v) is 3.40. The molecule has 2 aliphatic heterocycles. The van der Waals surface area contributed by atoms with Crippen molar-refractivity contribution in [3.05, 3.63) is 11.7 Å². The van der Waals surface area contributed by atoms with Crippen molar-refractivity contribution in [1.82, 2.24) is 20.4 Å². The molecular weight excluding hydrogens is 296 g/mol. The van der Waals surface area contributed by atoms with E-state index in [1.54, 1.807) is 6.92 Å². The minimum absolute atomic E-state index is 0.178. The van der Waals surface area contributed by atoms with Crippen molar-refractivity contribution >= 4 is 5.91 Å². The summed E-state index contributed by atoms with van der Waals surface area (Å²) in [5, 5.41) is 7.19. The number of ether oxygens (including phenoxy) is 1. The van der Waals surface area contributed by atoms with Gasteiger partial charge in [-0.25, -0.2) is 0 Å². The van der Waals surface area contributed by atoms with E-state index in [9.17, 15) is 4.79 Å². The predicted octanol–water partition coefficient (Wildman–Crippen LogP) is 0.928. The van der Waals surface area contributed by atoms with Gasteiger partial charge in [-0.3, -0.25) is 4.79 Å². The smallest absolute Gasteiger partial charge is 0.236 e. The number of amides is 1. The zero-order chi connectivity index (χ0) is 16.1. The van der Waals surface area contributed by atoms with Crippen LogP contribution in [-0.4, -0.2) is 59.8 Å². The monoisotopic (exact) mass is 322 g/mol. The van der Waals surface area contributed by atoms with Crippen LogP contribution < -0.4 is 5.32 Å². The van der Waals surface area contributed by atoms with E-state index in [4.69, 9.17) is 9.26 Å². The van der Waals surface area contributed by atoms with Crippen molar-refractivity contribution in [3.63, 3.8) is 0 Å². The molecule has 2 fully saturated rings. The molecule has 1 aromatic heterocycles. The van der Waals surface area contributed by atoms with Gasteiger partial charge in [0, 0.05) is 39.6 Å². The van der Waals surface area contributed by atoms with Crippen molar-refractivity contribution in [2.24, 2.45) is 5.92 Å². The topological polar surface area (TPSA) is 80.5 Å². The summed E-state index contributed by atoms with van der Waals surface area (Å²) in [4.78, 5) is 18.6. The van der Waals surface area contributed by atoms with Crippen molar-refractivity contribution in [1.29, 1.82) is 0 Å². The molecule has 7 nitrogen and oxygen atoms in total. The van der Waals surface area contributed by atoms with Crippen molar-refractivity contribution in [3.8, 4) is 0 Å². The first-order valence-corrected chi connectivity index (χ1v) is 8.60. The molecule has 0 unspecified atom stereocenters. The number of hydrogen-bond donors (Lipinski definition) is 1. The summed E-state index contributed by atoms with van der Waals surface area (Å²) in [6.45, 7) is 5.45. The van der Waals surface area contributed by atoms with E-state index in [2.05, 4.69) is 15.5 Å². The summed E-state index contributed by atoms with van der Waals surface area (Å²) >= 11 is 0. The van der Waals surface area contributed by atoms with Gasteiger partial charge in [-0.1, -0.05) is 5.16 Å². The Labute approximate surface area is 136 Å². The fraction of sp³-hybridized carbons (Fsp3) is 0.812. The van der Waals surface area contributed by atoms with Crippen LogP contribution >= 0.6 is 0 Å². The minimum Gasteiger partial charge on any atom is -0.377 e. The molecule has 0 bridgehead atoms. The van der Waals surface area contributed by atoms with Crippen LogP contribution in [0.4, 0.5) is 0 Å². The van der Waals surface area contributed by atoms with Crippen LogP contribution in [0.2, 0.25) is 0 Å². The third kappa shape index (κ3) is 4.75. The first-order valence-electron chi connectivity index (χ1n) is 8.60. The number of carbonyl (C=O) groups excluding carboxylic acids is 1. The summed E-state index contributed by atoms with van der Waals surface area (Å²) in [5.74, 6) is 1.94. The highest BCUT2D eigenvalue weighted by Crippen LogP contribution is 2.20. The van der Waals surface area contributed by atoms with Crippen LogP contribution in [0.15, 0.2) is 4.52 Å². The van der Waals surface area contributed by atoms with Crippen LogP contribution in [0.25, 0.3) is 0 Å². The lowest BCUT2D eigenvalue weighted by Gasteiger charge is -2.32. The SMILES string of the molecule is Cc1nc(C[C@@H]2CCCN(C(=O)CNC[C@@H]3CCCO3)C2)no1. The molecule has 23 heavy (non-hydrogen) atoms. The van der Waals surface area contributed by atoms with Gasteiger partial charge in [0.1, 0.15) is 0 Å². The summed E-state index contributed by atoms with van der Waals surface area (Å²) < 4.78 is 10.6. The van der Waals surface area contributed by atoms with Gasteiger partial charge in [-0.2, -0.15) is 4.98 Å². The quantitative estimate of drug-likeness (QED) is 0.839. The molecule has 0 radical (unpaired) electrons. The Balaban J connectivity index is 1.40. The number of hydrogen-bond acceptors (Lipinski definition) is 6. The zero-order valence-electron chi connectivity index (χ0n) is 13.8. The molecule has 2 aliphatic rings. The number of aryl methyl sites for hydroxylation is 1. The Hall–Kier alpha value is -1.47. The first kappa shape index (κ1) is 16.4. The lowest BCUT2D eigenvalue weighted by atomic mass is 9.94. The minimum atomic E-state index is 0.178. The molecule has 1 amide bonds. The highest BCUT2D eigenvalue weighted by Gasteiger charge is 2.25. The van der Waals surface area contributed by atoms with Gasteiger partial charge in [-0.05, 0) is 31.6 Å². The Kier molecular flexibility index (Phi) is 5.61. The molecule has 0 saturated carbocycles. The number of carbonyl (C=O) groups is 1. The Morgan fingerprint density at radius 3 is 3.04 bits per heavy atom. The average Bonchev–Trinajstić information content (AvgIpc) is 3.19. The standard InChI is InChI=1S/C16H26N4O3/c1-12-18-15(19-23-12)8-13-4-2-6-20(11-13)16(21)10-17-9-14-5-3-7-22-14/h13-14,17H,2-11H2,1H3/t13-,14-/m0/s1. The molecule has 1 aromatic rings. The lowest BCUT2D eigenvalue weighted by molar-refractivity contribution is -0.132. The zero-order valence-corrected chi connectivity index (χ0v) is 13.8. The van der Waals surface area contributed by atoms with E-state index >= 15 is 0 Å². The number of piperidine rings is 1. The van der Waals surface area contributed by atoms with Crippen LogP contribution in [0, 0.1) is 12.8 Å². The molecule has 3 heterocycles. The predicted molar refractivity (Wildman–Crippen MR) is 83.9 cm³/mol. The van der Waals surface area contributed by atoms with E-state index < -0.39 is 0 Å². The summed E-state index contributed by atoms with van der Waals surface area (Å²) in [7, 11) is 0. The maximum atomic E-state index is 12.3. The van der Waals surface area contributed by atoms with Crippen LogP contribution in [0.1, 0.15) is 37.4 Å². The van der Waals surface area contributed by atoms with E-state index in [-0.39, 0.29) is 12.0 Å². The second-order valence-electron chi connectivity index (χ2n) is 6.55. The van der Waals surface area contributed by atoms with Crippen LogP contribution in [0.3, 0.4) is 0 Å². The van der Waals surface area contributed by atoms with Gasteiger partial charge in [0.15, 0.2) is 5.82 Å². The van der Waals surface area contributed by atoms with Crippen molar-refractivity contribution < 1.29 is 14.1 Å². The largest absolute Gasteiger partial charge is 0.377 e. The first-order chi connectivity index (χ1) is 11.2. The van der Waals surface area contributed by atoms with Crippen LogP contribution in [0.5, 0.6) is 0 Å². The number of nitrogens with one attached hydrogen (secondary N) is 1. The maximum absolute atomic E-state index is 12.3. The number of nitrogens with zero attached hydrogens (tertiary/aromatic N) is 3. The molecule has 2 saturated heterocycles. The summed E-state index contributed by atoms with van der Waals surface area (Å²) in [5.41, 5.74) is 0. The fourth-order valence-electron chi connectivity index (χ4n) is 3.40. The maximum Gasteiger partial charge on any atom is 0.236 e. The second-order valence-corrected chi connectivity index (χ2v) is 6.55. The van der Waals surface area contributed by atoms with Gasteiger partial charge in [0.05, 0.1) is 12.6 Å². The molecule has 2 atom stereocenters. The molecular formula is C16H26N4O3. The summed E-state index contributed by atoms with van der Waals surface area (Å²) in [6.07, 6.45) is 5.43. The third-order valence-corrected chi connectivity index (χ3v) is 4.58. The van der Waals surface area contributed by atoms with Gasteiger partial charge in [0.2, 0.25) is 11.8 Å². The Morgan fingerprint density at radius 1 is 1.39 bits per heavy atom. The average molecular weight is 322 g/mol.